The smallest absolute Gasteiger partial charge is 0.324 e. The van der Waals surface area contributed by atoms with E-state index in [4.69, 9.17) is 4.74 Å². The lowest BCUT2D eigenvalue weighted by Gasteiger charge is -2.13. The Balaban J connectivity index is 1.58. The summed E-state index contributed by atoms with van der Waals surface area (Å²) in [7, 11) is 0. The number of rotatable bonds is 6. The molecule has 2 aromatic heterocycles. The summed E-state index contributed by atoms with van der Waals surface area (Å²) >= 11 is 0. The predicted molar refractivity (Wildman–Crippen MR) is 91.0 cm³/mol. The summed E-state index contributed by atoms with van der Waals surface area (Å²) in [5.41, 5.74) is 0.594. The van der Waals surface area contributed by atoms with E-state index in [1.165, 1.54) is 0 Å². The molecule has 0 spiro atoms. The number of amides is 2. The molecule has 7 nitrogen and oxygen atoms in total. The number of urea groups is 1. The molecule has 0 unspecified atom stereocenters. The van der Waals surface area contributed by atoms with Gasteiger partial charge in [0.05, 0.1) is 18.6 Å². The Bertz CT molecular complexity index is 775. The number of benzene rings is 1. The van der Waals surface area contributed by atoms with Crippen LogP contribution in [0.2, 0.25) is 0 Å². The Labute approximate surface area is 139 Å². The number of carbonyl (C=O) groups excluding carboxylic acids is 1. The van der Waals surface area contributed by atoms with E-state index in [0.29, 0.717) is 30.4 Å². The van der Waals surface area contributed by atoms with Gasteiger partial charge in [-0.25, -0.2) is 14.8 Å². The number of hydrogen-bond acceptors (Lipinski definition) is 4. The number of nitrogens with zero attached hydrogens (tertiary/aromatic N) is 3. The number of nitrogens with one attached hydrogen (secondary N) is 2. The molecule has 0 saturated heterocycles. The number of aromatic nitrogens is 3. The Hall–Kier alpha value is -3.35. The highest BCUT2D eigenvalue weighted by Gasteiger charge is 2.08. The minimum absolute atomic E-state index is 0.376. The third kappa shape index (κ3) is 4.33. The van der Waals surface area contributed by atoms with Gasteiger partial charge in [0.15, 0.2) is 0 Å². The van der Waals surface area contributed by atoms with Gasteiger partial charge in [-0.15, -0.1) is 0 Å². The van der Waals surface area contributed by atoms with Crippen molar-refractivity contribution in [1.29, 1.82) is 0 Å². The number of hydrogen-bond donors (Lipinski definition) is 2. The summed E-state index contributed by atoms with van der Waals surface area (Å²) < 4.78 is 7.68. The Morgan fingerprint density at radius 1 is 1.08 bits per heavy atom. The van der Waals surface area contributed by atoms with Crippen molar-refractivity contribution in [2.75, 3.05) is 17.2 Å². The second-order valence-corrected chi connectivity index (χ2v) is 4.94. The lowest BCUT2D eigenvalue weighted by atomic mass is 10.3. The summed E-state index contributed by atoms with van der Waals surface area (Å²) in [4.78, 5) is 20.1. The van der Waals surface area contributed by atoms with Gasteiger partial charge in [0.2, 0.25) is 0 Å². The summed E-state index contributed by atoms with van der Waals surface area (Å²) in [6.07, 6.45) is 6.93. The van der Waals surface area contributed by atoms with Gasteiger partial charge >= 0.3 is 6.03 Å². The molecule has 122 valence electrons. The van der Waals surface area contributed by atoms with E-state index in [1.54, 1.807) is 43.0 Å². The van der Waals surface area contributed by atoms with Gasteiger partial charge < -0.3 is 14.6 Å². The first-order valence-corrected chi connectivity index (χ1v) is 7.48. The third-order valence-electron chi connectivity index (χ3n) is 3.21. The van der Waals surface area contributed by atoms with E-state index in [9.17, 15) is 4.79 Å². The Kier molecular flexibility index (Phi) is 5.03. The maximum absolute atomic E-state index is 12.1. The Morgan fingerprint density at radius 2 is 1.96 bits per heavy atom. The van der Waals surface area contributed by atoms with Gasteiger partial charge in [0, 0.05) is 18.6 Å². The summed E-state index contributed by atoms with van der Waals surface area (Å²) in [5, 5.41) is 5.44. The zero-order valence-corrected chi connectivity index (χ0v) is 12.9. The fraction of sp³-hybridized carbons (Fsp3) is 0.118. The van der Waals surface area contributed by atoms with Gasteiger partial charge in [-0.3, -0.25) is 5.32 Å². The van der Waals surface area contributed by atoms with Crippen LogP contribution in [0.4, 0.5) is 16.3 Å². The third-order valence-corrected chi connectivity index (χ3v) is 3.21. The topological polar surface area (TPSA) is 81.1 Å². The summed E-state index contributed by atoms with van der Waals surface area (Å²) in [6.45, 7) is 1.14. The lowest BCUT2D eigenvalue weighted by Crippen LogP contribution is -2.20. The molecular formula is C17H17N5O2. The van der Waals surface area contributed by atoms with Crippen molar-refractivity contribution in [1.82, 2.24) is 14.5 Å². The monoisotopic (exact) mass is 323 g/mol. The van der Waals surface area contributed by atoms with Crippen LogP contribution < -0.4 is 15.4 Å². The highest BCUT2D eigenvalue weighted by Crippen LogP contribution is 2.23. The molecule has 3 aromatic rings. The normalized spacial score (nSPS) is 10.2. The molecule has 7 heteroatoms. The van der Waals surface area contributed by atoms with Crippen LogP contribution in [0, 0.1) is 0 Å². The van der Waals surface area contributed by atoms with Crippen LogP contribution in [0.15, 0.2) is 67.4 Å². The van der Waals surface area contributed by atoms with Crippen molar-refractivity contribution in [2.24, 2.45) is 0 Å². The summed E-state index contributed by atoms with van der Waals surface area (Å²) in [6, 6.07) is 12.2. The van der Waals surface area contributed by atoms with E-state index in [2.05, 4.69) is 20.6 Å². The number of para-hydroxylation sites is 2. The first-order chi connectivity index (χ1) is 11.8. The number of imidazole rings is 1. The molecule has 0 radical (unpaired) electrons. The van der Waals surface area contributed by atoms with E-state index in [0.717, 1.165) is 0 Å². The standard InChI is InChI=1S/C17H17N5O2/c23-17(21-16-7-3-4-8-19-16)20-14-5-1-2-6-15(14)24-12-11-22-10-9-18-13-22/h1-10,13H,11-12H2,(H2,19,20,21,23). The Morgan fingerprint density at radius 3 is 2.75 bits per heavy atom. The van der Waals surface area contributed by atoms with Gasteiger partial charge in [-0.05, 0) is 24.3 Å². The van der Waals surface area contributed by atoms with Crippen LogP contribution in [0.3, 0.4) is 0 Å². The fourth-order valence-electron chi connectivity index (χ4n) is 2.08. The second-order valence-electron chi connectivity index (χ2n) is 4.94. The van der Waals surface area contributed by atoms with Crippen LogP contribution in [0.1, 0.15) is 0 Å². The zero-order chi connectivity index (χ0) is 16.6. The molecule has 2 heterocycles. The number of anilines is 2. The van der Waals surface area contributed by atoms with E-state index in [1.807, 2.05) is 29.0 Å². The molecule has 0 aliphatic rings. The quantitative estimate of drug-likeness (QED) is 0.730. The van der Waals surface area contributed by atoms with E-state index in [-0.39, 0.29) is 6.03 Å². The second kappa shape index (κ2) is 7.77. The first kappa shape index (κ1) is 15.5. The van der Waals surface area contributed by atoms with Crippen LogP contribution >= 0.6 is 0 Å². The molecular weight excluding hydrogens is 306 g/mol. The average Bonchev–Trinajstić information content (AvgIpc) is 3.11. The molecule has 1 aromatic carbocycles. The average molecular weight is 323 g/mol. The highest BCUT2D eigenvalue weighted by atomic mass is 16.5. The molecule has 2 N–H and O–H groups in total. The minimum atomic E-state index is -0.376. The number of ether oxygens (including phenoxy) is 1. The molecule has 24 heavy (non-hydrogen) atoms. The number of carbonyl (C=O) groups is 1. The van der Waals surface area contributed by atoms with Crippen molar-refractivity contribution in [3.63, 3.8) is 0 Å². The molecule has 0 saturated carbocycles. The summed E-state index contributed by atoms with van der Waals surface area (Å²) in [5.74, 6) is 1.09. The molecule has 3 rings (SSSR count). The molecule has 0 fully saturated rings. The molecule has 0 bridgehead atoms. The van der Waals surface area contributed by atoms with Crippen molar-refractivity contribution in [3.8, 4) is 5.75 Å². The minimum Gasteiger partial charge on any atom is -0.490 e. The lowest BCUT2D eigenvalue weighted by molar-refractivity contribution is 0.261. The largest absolute Gasteiger partial charge is 0.490 e. The van der Waals surface area contributed by atoms with E-state index >= 15 is 0 Å². The highest BCUT2D eigenvalue weighted by molar-refractivity contribution is 6.00. The van der Waals surface area contributed by atoms with Crippen LogP contribution in [0.5, 0.6) is 5.75 Å². The molecule has 0 aliphatic carbocycles. The van der Waals surface area contributed by atoms with Crippen LogP contribution in [0.25, 0.3) is 0 Å². The molecule has 0 atom stereocenters. The van der Waals surface area contributed by atoms with Gasteiger partial charge in [-0.1, -0.05) is 18.2 Å². The van der Waals surface area contributed by atoms with Crippen molar-refractivity contribution >= 4 is 17.5 Å². The van der Waals surface area contributed by atoms with E-state index < -0.39 is 0 Å². The number of pyridine rings is 1. The van der Waals surface area contributed by atoms with Gasteiger partial charge in [0.1, 0.15) is 18.2 Å². The van der Waals surface area contributed by atoms with Gasteiger partial charge in [-0.2, -0.15) is 0 Å². The van der Waals surface area contributed by atoms with Crippen LogP contribution in [-0.4, -0.2) is 27.2 Å². The van der Waals surface area contributed by atoms with Crippen molar-refractivity contribution in [2.45, 2.75) is 6.54 Å². The fourth-order valence-corrected chi connectivity index (χ4v) is 2.08. The maximum atomic E-state index is 12.1. The molecule has 2 amide bonds. The van der Waals surface area contributed by atoms with Crippen molar-refractivity contribution < 1.29 is 9.53 Å². The first-order valence-electron chi connectivity index (χ1n) is 7.48. The van der Waals surface area contributed by atoms with Crippen LogP contribution in [-0.2, 0) is 6.54 Å². The SMILES string of the molecule is O=C(Nc1ccccn1)Nc1ccccc1OCCn1ccnc1. The molecule has 0 aliphatic heterocycles. The zero-order valence-electron chi connectivity index (χ0n) is 12.9. The van der Waals surface area contributed by atoms with Crippen molar-refractivity contribution in [3.05, 3.63) is 67.4 Å². The van der Waals surface area contributed by atoms with Gasteiger partial charge in [0.25, 0.3) is 0 Å². The maximum Gasteiger partial charge on any atom is 0.324 e. The predicted octanol–water partition coefficient (Wildman–Crippen LogP) is 3.00.